The van der Waals surface area contributed by atoms with Crippen molar-refractivity contribution in [3.05, 3.63) is 37.8 Å². The summed E-state index contributed by atoms with van der Waals surface area (Å²) in [5.74, 6) is 0.903. The van der Waals surface area contributed by atoms with Crippen molar-refractivity contribution in [3.8, 4) is 0 Å². The van der Waals surface area contributed by atoms with Gasteiger partial charge < -0.3 is 12.3 Å². The summed E-state index contributed by atoms with van der Waals surface area (Å²) in [6.45, 7) is 0. The SMILES string of the molecule is [CH3-].[Rh+2].[c-]1ccccc1N1C=NSC1. The quantitative estimate of drug-likeness (QED) is 0.446. The monoisotopic (exact) mass is 281 g/mol. The molecule has 1 heterocycles. The molecule has 0 atom stereocenters. The molecule has 1 aliphatic heterocycles. The van der Waals surface area contributed by atoms with Crippen molar-refractivity contribution in [2.75, 3.05) is 10.8 Å². The van der Waals surface area contributed by atoms with Gasteiger partial charge in [-0.3, -0.25) is 0 Å². The third-order valence-corrected chi connectivity index (χ3v) is 2.10. The maximum Gasteiger partial charge on any atom is 2.00 e. The van der Waals surface area contributed by atoms with Crippen molar-refractivity contribution in [2.45, 2.75) is 0 Å². The van der Waals surface area contributed by atoms with Crippen LogP contribution in [0.15, 0.2) is 28.7 Å². The molecule has 71 valence electrons. The molecule has 0 unspecified atom stereocenters. The molecule has 1 aromatic carbocycles. The fourth-order valence-electron chi connectivity index (χ4n) is 0.913. The minimum Gasteiger partial charge on any atom is -0.358 e. The standard InChI is InChI=1S/C8H7N2S.CH3.Rh/c1-2-4-8(5-3-1)10-6-9-11-7-10;;/h1-4,6H,7H2;1H3;/q2*-1;+2. The first kappa shape index (κ1) is 12.7. The normalized spacial score (nSPS) is 13.4. The Morgan fingerprint density at radius 2 is 2.31 bits per heavy atom. The summed E-state index contributed by atoms with van der Waals surface area (Å²) in [5, 5.41) is 0. The summed E-state index contributed by atoms with van der Waals surface area (Å²) in [4.78, 5) is 2.06. The largest absolute Gasteiger partial charge is 2.00 e. The van der Waals surface area contributed by atoms with Crippen LogP contribution in [0.4, 0.5) is 5.69 Å². The summed E-state index contributed by atoms with van der Waals surface area (Å²) >= 11 is 1.55. The van der Waals surface area contributed by atoms with E-state index in [1.807, 2.05) is 30.6 Å². The number of benzene rings is 1. The Kier molecular flexibility index (Phi) is 6.01. The van der Waals surface area contributed by atoms with Gasteiger partial charge in [-0.1, -0.05) is 5.69 Å². The zero-order chi connectivity index (χ0) is 7.52. The summed E-state index contributed by atoms with van der Waals surface area (Å²) < 4.78 is 4.04. The van der Waals surface area contributed by atoms with Crippen LogP contribution in [0.3, 0.4) is 0 Å². The maximum atomic E-state index is 4.04. The molecule has 2 rings (SSSR count). The van der Waals surface area contributed by atoms with E-state index in [2.05, 4.69) is 15.4 Å². The predicted molar refractivity (Wildman–Crippen MR) is 55.1 cm³/mol. The Labute approximate surface area is 96.3 Å². The summed E-state index contributed by atoms with van der Waals surface area (Å²) in [6, 6.07) is 11.0. The van der Waals surface area contributed by atoms with Gasteiger partial charge in [0.2, 0.25) is 0 Å². The molecule has 1 aromatic rings. The van der Waals surface area contributed by atoms with Gasteiger partial charge in [-0.25, -0.2) is 4.40 Å². The van der Waals surface area contributed by atoms with Crippen molar-refractivity contribution in [3.63, 3.8) is 0 Å². The van der Waals surface area contributed by atoms with E-state index in [9.17, 15) is 0 Å². The van der Waals surface area contributed by atoms with Gasteiger partial charge in [0.25, 0.3) is 0 Å². The van der Waals surface area contributed by atoms with Gasteiger partial charge in [0.05, 0.1) is 5.88 Å². The molecule has 1 radical (unpaired) electrons. The number of nitrogens with zero attached hydrogens (tertiary/aromatic N) is 2. The van der Waals surface area contributed by atoms with Crippen LogP contribution in [-0.4, -0.2) is 12.2 Å². The van der Waals surface area contributed by atoms with Crippen LogP contribution in [0.25, 0.3) is 0 Å². The Balaban J connectivity index is 0.000000720. The average molecular weight is 281 g/mol. The minimum atomic E-state index is 0. The van der Waals surface area contributed by atoms with E-state index in [4.69, 9.17) is 0 Å². The Morgan fingerprint density at radius 3 is 2.85 bits per heavy atom. The molecular formula is C9H10N2RhS. The van der Waals surface area contributed by atoms with Crippen LogP contribution in [0, 0.1) is 13.5 Å². The van der Waals surface area contributed by atoms with E-state index in [1.165, 1.54) is 0 Å². The number of para-hydroxylation sites is 1. The topological polar surface area (TPSA) is 15.6 Å². The van der Waals surface area contributed by atoms with Gasteiger partial charge in [0.15, 0.2) is 0 Å². The first-order chi connectivity index (χ1) is 5.47. The first-order valence-electron chi connectivity index (χ1n) is 3.35. The molecule has 0 saturated heterocycles. The molecule has 0 bridgehead atoms. The molecule has 0 amide bonds. The molecule has 2 nitrogen and oxygen atoms in total. The van der Waals surface area contributed by atoms with Crippen LogP contribution in [0.1, 0.15) is 0 Å². The Bertz CT molecular complexity index is 264. The van der Waals surface area contributed by atoms with Gasteiger partial charge in [-0.05, 0) is 11.9 Å². The second-order valence-electron chi connectivity index (χ2n) is 2.20. The molecule has 0 saturated carbocycles. The van der Waals surface area contributed by atoms with E-state index >= 15 is 0 Å². The molecular weight excluding hydrogens is 271 g/mol. The summed E-state index contributed by atoms with van der Waals surface area (Å²) in [5.41, 5.74) is 1.08. The maximum absolute atomic E-state index is 4.04. The predicted octanol–water partition coefficient (Wildman–Crippen LogP) is 2.39. The summed E-state index contributed by atoms with van der Waals surface area (Å²) in [6.07, 6.45) is 1.83. The molecule has 0 N–H and O–H groups in total. The zero-order valence-corrected chi connectivity index (χ0v) is 9.69. The third kappa shape index (κ3) is 3.13. The molecule has 4 heteroatoms. The van der Waals surface area contributed by atoms with Gasteiger partial charge in [-0.15, -0.1) is 6.07 Å². The molecule has 0 aliphatic carbocycles. The molecule has 0 fully saturated rings. The van der Waals surface area contributed by atoms with Crippen LogP contribution in [-0.2, 0) is 19.5 Å². The fraction of sp³-hybridized carbons (Fsp3) is 0.111. The van der Waals surface area contributed by atoms with Crippen molar-refractivity contribution in [2.24, 2.45) is 4.40 Å². The van der Waals surface area contributed by atoms with Crippen molar-refractivity contribution >= 4 is 24.0 Å². The molecule has 0 aromatic heterocycles. The average Bonchev–Trinajstić information content (AvgIpc) is 2.58. The molecule has 13 heavy (non-hydrogen) atoms. The van der Waals surface area contributed by atoms with Gasteiger partial charge >= 0.3 is 19.5 Å². The first-order valence-corrected chi connectivity index (χ1v) is 4.30. The second-order valence-corrected chi connectivity index (χ2v) is 2.92. The Hall–Kier alpha value is -0.337. The van der Waals surface area contributed by atoms with Crippen LogP contribution >= 0.6 is 11.9 Å². The minimum absolute atomic E-state index is 0. The van der Waals surface area contributed by atoms with Crippen LogP contribution in [0.2, 0.25) is 0 Å². The van der Waals surface area contributed by atoms with E-state index in [0.717, 1.165) is 11.6 Å². The van der Waals surface area contributed by atoms with Crippen molar-refractivity contribution < 1.29 is 19.5 Å². The van der Waals surface area contributed by atoms with Crippen molar-refractivity contribution in [1.29, 1.82) is 0 Å². The number of hydrogen-bond acceptors (Lipinski definition) is 3. The van der Waals surface area contributed by atoms with E-state index in [1.54, 1.807) is 11.9 Å². The van der Waals surface area contributed by atoms with Crippen LogP contribution in [0.5, 0.6) is 0 Å². The van der Waals surface area contributed by atoms with E-state index < -0.39 is 0 Å². The van der Waals surface area contributed by atoms with E-state index in [0.29, 0.717) is 0 Å². The van der Waals surface area contributed by atoms with E-state index in [-0.39, 0.29) is 26.9 Å². The number of hydrogen-bond donors (Lipinski definition) is 0. The zero-order valence-electron chi connectivity index (χ0n) is 7.23. The van der Waals surface area contributed by atoms with Crippen LogP contribution < -0.4 is 4.90 Å². The smallest absolute Gasteiger partial charge is 0.358 e. The van der Waals surface area contributed by atoms with Gasteiger partial charge in [-0.2, -0.15) is 24.3 Å². The number of rotatable bonds is 1. The second kappa shape index (κ2) is 6.17. The van der Waals surface area contributed by atoms with Crippen molar-refractivity contribution in [1.82, 2.24) is 0 Å². The molecule has 0 spiro atoms. The number of anilines is 1. The fourth-order valence-corrected chi connectivity index (χ4v) is 1.49. The summed E-state index contributed by atoms with van der Waals surface area (Å²) in [7, 11) is 0. The Morgan fingerprint density at radius 1 is 1.46 bits per heavy atom. The third-order valence-electron chi connectivity index (χ3n) is 1.46. The van der Waals surface area contributed by atoms with Gasteiger partial charge in [0, 0.05) is 0 Å². The molecule has 1 aliphatic rings. The van der Waals surface area contributed by atoms with Gasteiger partial charge in [0.1, 0.15) is 6.34 Å².